The van der Waals surface area contributed by atoms with Crippen LogP contribution in [0.15, 0.2) is 77.7 Å². The summed E-state index contributed by atoms with van der Waals surface area (Å²) in [7, 11) is -3.94. The summed E-state index contributed by atoms with van der Waals surface area (Å²) in [6.45, 7) is 0. The Morgan fingerprint density at radius 2 is 1.51 bits per heavy atom. The van der Waals surface area contributed by atoms with E-state index in [-0.39, 0.29) is 23.3 Å². The molecule has 2 N–H and O–H groups in total. The number of carboxylic acids is 1. The molecule has 39 heavy (non-hydrogen) atoms. The van der Waals surface area contributed by atoms with Crippen molar-refractivity contribution in [3.63, 3.8) is 0 Å². The number of halogens is 2. The second-order valence-corrected chi connectivity index (χ2v) is 12.7. The monoisotopic (exact) mass is 586 g/mol. The lowest BCUT2D eigenvalue weighted by molar-refractivity contribution is -0.143. The fourth-order valence-corrected chi connectivity index (χ4v) is 8.30. The predicted molar refractivity (Wildman–Crippen MR) is 150 cm³/mol. The number of benzene rings is 3. The molecule has 2 heterocycles. The Bertz CT molecular complexity index is 1450. The van der Waals surface area contributed by atoms with Crippen LogP contribution in [0.2, 0.25) is 10.0 Å². The van der Waals surface area contributed by atoms with Gasteiger partial charge in [0.25, 0.3) is 0 Å². The first-order valence-electron chi connectivity index (χ1n) is 12.8. The molecule has 3 aromatic carbocycles. The van der Waals surface area contributed by atoms with Gasteiger partial charge in [-0.2, -0.15) is 4.31 Å². The van der Waals surface area contributed by atoms with Gasteiger partial charge in [0.05, 0.1) is 4.90 Å². The fourth-order valence-electron chi connectivity index (χ4n) is 5.77. The van der Waals surface area contributed by atoms with Crippen LogP contribution in [0.5, 0.6) is 0 Å². The maximum atomic E-state index is 13.6. The highest BCUT2D eigenvalue weighted by molar-refractivity contribution is 7.89. The summed E-state index contributed by atoms with van der Waals surface area (Å²) >= 11 is 12.6. The molecule has 204 valence electrons. The number of fused-ring (bicyclic) bond motifs is 3. The molecular weight excluding hydrogens is 559 g/mol. The highest BCUT2D eigenvalue weighted by Gasteiger charge is 2.51. The van der Waals surface area contributed by atoms with Crippen LogP contribution in [0.4, 0.5) is 0 Å². The molecule has 1 aliphatic carbocycles. The average Bonchev–Trinajstić information content (AvgIpc) is 2.94. The first-order chi connectivity index (χ1) is 18.7. The number of carbonyl (C=O) groups is 2. The maximum absolute atomic E-state index is 13.6. The summed E-state index contributed by atoms with van der Waals surface area (Å²) in [4.78, 5) is 25.9. The number of hydrogen-bond acceptors (Lipinski definition) is 4. The Balaban J connectivity index is 1.36. The molecule has 3 fully saturated rings. The summed E-state index contributed by atoms with van der Waals surface area (Å²) in [5, 5.41) is 13.6. The van der Waals surface area contributed by atoms with Crippen molar-refractivity contribution in [2.75, 3.05) is 0 Å². The van der Waals surface area contributed by atoms with Crippen molar-refractivity contribution in [1.29, 1.82) is 0 Å². The minimum absolute atomic E-state index is 0.0316. The molecule has 2 unspecified atom stereocenters. The summed E-state index contributed by atoms with van der Waals surface area (Å²) in [6.07, 6.45) is 2.86. The second kappa shape index (κ2) is 11.3. The third-order valence-corrected chi connectivity index (χ3v) is 10.2. The molecule has 0 spiro atoms. The third-order valence-electron chi connectivity index (χ3n) is 7.67. The van der Waals surface area contributed by atoms with Gasteiger partial charge < -0.3 is 10.4 Å². The molecule has 2 bridgehead atoms. The number of rotatable bonds is 8. The van der Waals surface area contributed by atoms with Gasteiger partial charge in [0.2, 0.25) is 15.9 Å². The zero-order chi connectivity index (χ0) is 27.7. The van der Waals surface area contributed by atoms with E-state index in [9.17, 15) is 23.1 Å². The average molecular weight is 588 g/mol. The molecule has 1 amide bonds. The molecular formula is C29H28Cl2N2O5S. The molecule has 0 radical (unpaired) electrons. The van der Waals surface area contributed by atoms with Crippen LogP contribution in [0.25, 0.3) is 11.1 Å². The maximum Gasteiger partial charge on any atom is 0.326 e. The molecule has 3 aliphatic rings. The predicted octanol–water partition coefficient (Wildman–Crippen LogP) is 5.40. The Morgan fingerprint density at radius 1 is 0.897 bits per heavy atom. The molecule has 2 atom stereocenters. The number of aliphatic carboxylic acids is 1. The first-order valence-corrected chi connectivity index (χ1v) is 15.0. The standard InChI is InChI=1S/C29H28Cl2N2O5S/c30-23-7-4-8-24(31)26(23)19-11-9-18(10-12-19)17-25(29(35)36)32-28(34)27-20-13-15-21(16-14-20)33(27)39(37,38)22-5-2-1-3-6-22/h1-12,20-21,25,27H,13-17H2,(H,32,34)(H,35,36). The molecule has 3 aromatic rings. The van der Waals surface area contributed by atoms with Crippen LogP contribution in [-0.4, -0.2) is 47.8 Å². The molecule has 1 saturated carbocycles. The highest BCUT2D eigenvalue weighted by Crippen LogP contribution is 2.43. The molecule has 0 aromatic heterocycles. The van der Waals surface area contributed by atoms with Crippen LogP contribution in [-0.2, 0) is 26.0 Å². The van der Waals surface area contributed by atoms with E-state index in [0.29, 0.717) is 34.0 Å². The third kappa shape index (κ3) is 5.57. The van der Waals surface area contributed by atoms with E-state index in [1.165, 1.54) is 16.4 Å². The van der Waals surface area contributed by atoms with Crippen molar-refractivity contribution in [3.8, 4) is 11.1 Å². The summed E-state index contributed by atoms with van der Waals surface area (Å²) in [5.74, 6) is -1.93. The lowest BCUT2D eigenvalue weighted by Crippen LogP contribution is -2.63. The van der Waals surface area contributed by atoms with Gasteiger partial charge in [0, 0.05) is 28.1 Å². The number of carbonyl (C=O) groups excluding carboxylic acids is 1. The van der Waals surface area contributed by atoms with Crippen molar-refractivity contribution in [2.45, 2.75) is 55.1 Å². The molecule has 2 saturated heterocycles. The van der Waals surface area contributed by atoms with E-state index in [0.717, 1.165) is 18.4 Å². The van der Waals surface area contributed by atoms with Gasteiger partial charge in [-0.25, -0.2) is 13.2 Å². The molecule has 2 aliphatic heterocycles. The fraction of sp³-hybridized carbons (Fsp3) is 0.310. The van der Waals surface area contributed by atoms with E-state index < -0.39 is 34.0 Å². The second-order valence-electron chi connectivity index (χ2n) is 10.1. The van der Waals surface area contributed by atoms with Gasteiger partial charge in [-0.05, 0) is 67.0 Å². The van der Waals surface area contributed by atoms with Crippen molar-refractivity contribution in [1.82, 2.24) is 9.62 Å². The number of amides is 1. The van der Waals surface area contributed by atoms with E-state index in [4.69, 9.17) is 23.2 Å². The quantitative estimate of drug-likeness (QED) is 0.367. The Labute approximate surface area is 237 Å². The van der Waals surface area contributed by atoms with Gasteiger partial charge >= 0.3 is 5.97 Å². The van der Waals surface area contributed by atoms with E-state index in [1.807, 2.05) is 0 Å². The highest BCUT2D eigenvalue weighted by atomic mass is 35.5. The Kier molecular flexibility index (Phi) is 8.01. The zero-order valence-electron chi connectivity index (χ0n) is 21.0. The van der Waals surface area contributed by atoms with Crippen LogP contribution in [0.1, 0.15) is 31.2 Å². The lowest BCUT2D eigenvalue weighted by Gasteiger charge is -2.49. The minimum atomic E-state index is -3.94. The van der Waals surface area contributed by atoms with Crippen molar-refractivity contribution < 1.29 is 23.1 Å². The van der Waals surface area contributed by atoms with Gasteiger partial charge in [0.1, 0.15) is 12.1 Å². The Hall–Kier alpha value is -2.91. The van der Waals surface area contributed by atoms with E-state index in [1.54, 1.807) is 60.7 Å². The van der Waals surface area contributed by atoms with E-state index in [2.05, 4.69) is 5.32 Å². The van der Waals surface area contributed by atoms with Crippen LogP contribution in [0, 0.1) is 5.92 Å². The molecule has 10 heteroatoms. The van der Waals surface area contributed by atoms with Gasteiger partial charge in [0.15, 0.2) is 0 Å². The number of nitrogens with one attached hydrogen (secondary N) is 1. The smallest absolute Gasteiger partial charge is 0.326 e. The van der Waals surface area contributed by atoms with Crippen molar-refractivity contribution >= 4 is 45.1 Å². The van der Waals surface area contributed by atoms with Gasteiger partial charge in [-0.1, -0.05) is 71.7 Å². The molecule has 7 nitrogen and oxygen atoms in total. The Morgan fingerprint density at radius 3 is 2.10 bits per heavy atom. The topological polar surface area (TPSA) is 104 Å². The number of piperidine rings is 2. The lowest BCUT2D eigenvalue weighted by atomic mass is 9.76. The summed E-state index contributed by atoms with van der Waals surface area (Å²) < 4.78 is 28.6. The summed E-state index contributed by atoms with van der Waals surface area (Å²) in [5.41, 5.74) is 2.15. The van der Waals surface area contributed by atoms with Crippen molar-refractivity contribution in [2.24, 2.45) is 5.92 Å². The number of sulfonamides is 1. The van der Waals surface area contributed by atoms with Crippen molar-refractivity contribution in [3.05, 3.63) is 88.4 Å². The van der Waals surface area contributed by atoms with Crippen LogP contribution in [0.3, 0.4) is 0 Å². The summed E-state index contributed by atoms with van der Waals surface area (Å²) in [6, 6.07) is 18.0. The van der Waals surface area contributed by atoms with Crippen LogP contribution >= 0.6 is 23.2 Å². The number of hydrogen-bond donors (Lipinski definition) is 2. The SMILES string of the molecule is O=C(O)C(Cc1ccc(-c2c(Cl)cccc2Cl)cc1)NC(=O)C1C2CCC(CC2)N1S(=O)(=O)c1ccccc1. The number of nitrogens with zero attached hydrogens (tertiary/aromatic N) is 1. The van der Waals surface area contributed by atoms with Gasteiger partial charge in [-0.15, -0.1) is 0 Å². The van der Waals surface area contributed by atoms with Crippen LogP contribution < -0.4 is 5.32 Å². The van der Waals surface area contributed by atoms with E-state index >= 15 is 0 Å². The number of carboxylic acid groups (broad SMARTS) is 1. The zero-order valence-corrected chi connectivity index (χ0v) is 23.3. The molecule has 6 rings (SSSR count). The largest absolute Gasteiger partial charge is 0.480 e. The normalized spacial score (nSPS) is 21.8. The minimum Gasteiger partial charge on any atom is -0.480 e. The van der Waals surface area contributed by atoms with Gasteiger partial charge in [-0.3, -0.25) is 4.79 Å². The first kappa shape index (κ1) is 27.6.